The summed E-state index contributed by atoms with van der Waals surface area (Å²) >= 11 is 0. The summed E-state index contributed by atoms with van der Waals surface area (Å²) in [5.41, 5.74) is 16.3. The van der Waals surface area contributed by atoms with Crippen LogP contribution >= 0.6 is 0 Å². The zero-order valence-electron chi connectivity index (χ0n) is 17.2. The maximum absolute atomic E-state index is 12.7. The Morgan fingerprint density at radius 2 is 1.77 bits per heavy atom. The number of amidine groups is 1. The van der Waals surface area contributed by atoms with E-state index < -0.39 is 11.8 Å². The number of anilines is 2. The molecule has 10 N–H and O–H groups in total. The number of nitrogens with zero attached hydrogens (tertiary/aromatic N) is 3. The van der Waals surface area contributed by atoms with Crippen molar-refractivity contribution in [2.45, 2.75) is 6.42 Å². The summed E-state index contributed by atoms with van der Waals surface area (Å²) in [7, 11) is 3.30. The topological polar surface area (TPSA) is 211 Å². The molecule has 13 heteroatoms. The summed E-state index contributed by atoms with van der Waals surface area (Å²) in [6.45, 7) is 0.00142. The number of guanidine groups is 1. The van der Waals surface area contributed by atoms with Gasteiger partial charge in [-0.15, -0.1) is 0 Å². The third-order valence-electron chi connectivity index (χ3n) is 4.22. The fraction of sp³-hybridized carbons (Fsp3) is 0.278. The number of aryl methyl sites for hydroxylation is 1. The van der Waals surface area contributed by atoms with Crippen molar-refractivity contribution >= 4 is 41.2 Å². The van der Waals surface area contributed by atoms with Crippen molar-refractivity contribution in [3.05, 3.63) is 35.7 Å². The fourth-order valence-corrected chi connectivity index (χ4v) is 2.62. The highest BCUT2D eigenvalue weighted by Crippen LogP contribution is 2.17. The Labute approximate surface area is 178 Å². The van der Waals surface area contributed by atoms with E-state index in [1.165, 1.54) is 10.6 Å². The van der Waals surface area contributed by atoms with Crippen LogP contribution in [0.25, 0.3) is 0 Å². The van der Waals surface area contributed by atoms with E-state index in [1.807, 2.05) is 0 Å². The molecule has 0 fully saturated rings. The van der Waals surface area contributed by atoms with Gasteiger partial charge in [0.1, 0.15) is 23.9 Å². The summed E-state index contributed by atoms with van der Waals surface area (Å²) in [6.07, 6.45) is 1.82. The van der Waals surface area contributed by atoms with Crippen LogP contribution in [-0.2, 0) is 18.9 Å². The lowest BCUT2D eigenvalue weighted by Crippen LogP contribution is -2.27. The lowest BCUT2D eigenvalue weighted by atomic mass is 10.3. The van der Waals surface area contributed by atoms with E-state index in [1.54, 1.807) is 37.0 Å². The predicted molar refractivity (Wildman–Crippen MR) is 117 cm³/mol. The number of amides is 3. The SMILES string of the molecule is Cn1cc(C(=O)NCCC(=N)N)cc1NC(=O)c1ccc(NC(=O)CN=C(N)N)n1C. The van der Waals surface area contributed by atoms with Gasteiger partial charge in [-0.25, -0.2) is 4.99 Å². The molecule has 31 heavy (non-hydrogen) atoms. The van der Waals surface area contributed by atoms with Crippen LogP contribution in [0.3, 0.4) is 0 Å². The van der Waals surface area contributed by atoms with Gasteiger partial charge < -0.3 is 42.3 Å². The normalized spacial score (nSPS) is 10.3. The first-order valence-corrected chi connectivity index (χ1v) is 9.18. The van der Waals surface area contributed by atoms with E-state index in [-0.39, 0.29) is 42.9 Å². The van der Waals surface area contributed by atoms with E-state index >= 15 is 0 Å². The lowest BCUT2D eigenvalue weighted by molar-refractivity contribution is -0.114. The second kappa shape index (κ2) is 9.96. The minimum absolute atomic E-state index is 0.0179. The maximum Gasteiger partial charge on any atom is 0.273 e. The molecule has 13 nitrogen and oxygen atoms in total. The van der Waals surface area contributed by atoms with Gasteiger partial charge in [0.05, 0.1) is 11.4 Å². The first-order valence-electron chi connectivity index (χ1n) is 9.18. The largest absolute Gasteiger partial charge is 0.388 e. The molecule has 0 saturated carbocycles. The number of hydrogen-bond acceptors (Lipinski definition) is 5. The standard InChI is InChI=1S/C18H26N10O3/c1-27-9-10(16(30)23-6-5-12(19)20)7-14(27)26-17(31)11-3-4-13(28(11)2)25-15(29)8-24-18(21)22/h3-4,7,9H,5-6,8H2,1-2H3,(H3,19,20)(H,23,30)(H,25,29)(H,26,31)(H4,21,22,24). The summed E-state index contributed by atoms with van der Waals surface area (Å²) < 4.78 is 3.10. The maximum atomic E-state index is 12.7. The molecule has 0 bridgehead atoms. The summed E-state index contributed by atoms with van der Waals surface area (Å²) in [5, 5.41) is 15.1. The number of hydrogen-bond donors (Lipinski definition) is 7. The average Bonchev–Trinajstić information content (AvgIpc) is 3.23. The van der Waals surface area contributed by atoms with Crippen molar-refractivity contribution in [2.75, 3.05) is 23.7 Å². The van der Waals surface area contributed by atoms with Crippen molar-refractivity contribution in [2.24, 2.45) is 36.3 Å². The van der Waals surface area contributed by atoms with Crippen LogP contribution in [-0.4, -0.2) is 51.7 Å². The molecule has 166 valence electrons. The third kappa shape index (κ3) is 6.35. The van der Waals surface area contributed by atoms with Gasteiger partial charge >= 0.3 is 0 Å². The number of rotatable bonds is 9. The number of aliphatic imine (C=N–C) groups is 1. The van der Waals surface area contributed by atoms with Crippen molar-refractivity contribution in [3.63, 3.8) is 0 Å². The Morgan fingerprint density at radius 1 is 1.06 bits per heavy atom. The Kier molecular flexibility index (Phi) is 7.38. The molecule has 0 aliphatic rings. The first-order chi connectivity index (χ1) is 14.6. The molecule has 0 aliphatic carbocycles. The highest BCUT2D eigenvalue weighted by atomic mass is 16.2. The Balaban J connectivity index is 2.04. The van der Waals surface area contributed by atoms with Crippen molar-refractivity contribution in [1.82, 2.24) is 14.5 Å². The van der Waals surface area contributed by atoms with Gasteiger partial charge in [0.2, 0.25) is 5.91 Å². The fourth-order valence-electron chi connectivity index (χ4n) is 2.62. The van der Waals surface area contributed by atoms with Gasteiger partial charge in [-0.1, -0.05) is 0 Å². The van der Waals surface area contributed by atoms with E-state index in [4.69, 9.17) is 22.6 Å². The summed E-state index contributed by atoms with van der Waals surface area (Å²) in [6, 6.07) is 4.65. The number of nitrogens with one attached hydrogen (secondary N) is 4. The van der Waals surface area contributed by atoms with Crippen LogP contribution in [0.15, 0.2) is 29.4 Å². The average molecular weight is 430 g/mol. The Morgan fingerprint density at radius 3 is 2.42 bits per heavy atom. The van der Waals surface area contributed by atoms with Gasteiger partial charge in [-0.05, 0) is 18.2 Å². The monoisotopic (exact) mass is 430 g/mol. The molecule has 2 aromatic rings. The number of nitrogens with two attached hydrogens (primary N) is 3. The van der Waals surface area contributed by atoms with Crippen molar-refractivity contribution in [3.8, 4) is 0 Å². The third-order valence-corrected chi connectivity index (χ3v) is 4.22. The van der Waals surface area contributed by atoms with Crippen molar-refractivity contribution < 1.29 is 14.4 Å². The smallest absolute Gasteiger partial charge is 0.273 e. The van der Waals surface area contributed by atoms with E-state index in [2.05, 4.69) is 20.9 Å². The molecule has 0 radical (unpaired) electrons. The molecule has 2 rings (SSSR count). The highest BCUT2D eigenvalue weighted by molar-refractivity contribution is 6.05. The Hall–Kier alpha value is -4.29. The van der Waals surface area contributed by atoms with Gasteiger partial charge in [0.25, 0.3) is 11.8 Å². The van der Waals surface area contributed by atoms with Crippen LogP contribution in [0.4, 0.5) is 11.6 Å². The predicted octanol–water partition coefficient (Wildman–Crippen LogP) is -1.12. The van der Waals surface area contributed by atoms with Crippen LogP contribution in [0, 0.1) is 5.41 Å². The van der Waals surface area contributed by atoms with E-state index in [0.717, 1.165) is 0 Å². The van der Waals surface area contributed by atoms with Crippen molar-refractivity contribution in [1.29, 1.82) is 5.41 Å². The molecule has 2 aromatic heterocycles. The molecule has 2 heterocycles. The molecular formula is C18H26N10O3. The zero-order chi connectivity index (χ0) is 23.1. The first kappa shape index (κ1) is 23.0. The summed E-state index contributed by atoms with van der Waals surface area (Å²) in [4.78, 5) is 40.3. The second-order valence-electron chi connectivity index (χ2n) is 6.66. The van der Waals surface area contributed by atoms with Gasteiger partial charge in [0, 0.05) is 33.3 Å². The minimum Gasteiger partial charge on any atom is -0.388 e. The molecule has 3 amide bonds. The summed E-state index contributed by atoms with van der Waals surface area (Å²) in [5.74, 6) is -0.643. The van der Waals surface area contributed by atoms with Crippen LogP contribution in [0.5, 0.6) is 0 Å². The minimum atomic E-state index is -0.440. The zero-order valence-corrected chi connectivity index (χ0v) is 17.2. The molecule has 0 aromatic carbocycles. The number of carbonyl (C=O) groups is 3. The molecule has 0 spiro atoms. The lowest BCUT2D eigenvalue weighted by Gasteiger charge is -2.09. The Bertz CT molecular complexity index is 1030. The van der Waals surface area contributed by atoms with Gasteiger partial charge in [-0.3, -0.25) is 19.8 Å². The highest BCUT2D eigenvalue weighted by Gasteiger charge is 2.17. The van der Waals surface area contributed by atoms with Crippen LogP contribution in [0.1, 0.15) is 27.3 Å². The molecular weight excluding hydrogens is 404 g/mol. The molecule has 0 saturated heterocycles. The van der Waals surface area contributed by atoms with Crippen LogP contribution < -0.4 is 33.2 Å². The van der Waals surface area contributed by atoms with E-state index in [9.17, 15) is 14.4 Å². The van der Waals surface area contributed by atoms with Crippen LogP contribution in [0.2, 0.25) is 0 Å². The number of carbonyl (C=O) groups excluding carboxylic acids is 3. The number of aromatic nitrogens is 2. The molecule has 0 unspecified atom stereocenters. The quantitative estimate of drug-likeness (QED) is 0.193. The second-order valence-corrected chi connectivity index (χ2v) is 6.66. The molecule has 0 aliphatic heterocycles. The van der Waals surface area contributed by atoms with E-state index in [0.29, 0.717) is 17.2 Å². The van der Waals surface area contributed by atoms with Gasteiger partial charge in [-0.2, -0.15) is 0 Å². The molecule has 0 atom stereocenters. The van der Waals surface area contributed by atoms with Gasteiger partial charge in [0.15, 0.2) is 5.96 Å².